The minimum Gasteiger partial charge on any atom is -0.399 e. The van der Waals surface area contributed by atoms with Gasteiger partial charge in [0, 0.05) is 24.0 Å². The molecule has 2 N–H and O–H groups in total. The number of nitrogens with two attached hydrogens (primary N) is 1. The lowest BCUT2D eigenvalue weighted by Crippen LogP contribution is -2.08. The SMILES string of the molecule is CC(C)C(c1ccc(N)cc1)c1cccnc1. The maximum Gasteiger partial charge on any atom is 0.0314 e. The lowest BCUT2D eigenvalue weighted by atomic mass is 9.83. The fourth-order valence-electron chi connectivity index (χ4n) is 2.23. The fraction of sp³-hybridized carbons (Fsp3) is 0.267. The Morgan fingerprint density at radius 1 is 1.00 bits per heavy atom. The van der Waals surface area contributed by atoms with Crippen molar-refractivity contribution >= 4 is 5.69 Å². The van der Waals surface area contributed by atoms with Gasteiger partial charge in [0.15, 0.2) is 0 Å². The molecule has 0 aliphatic heterocycles. The first kappa shape index (κ1) is 11.6. The summed E-state index contributed by atoms with van der Waals surface area (Å²) in [5, 5.41) is 0. The van der Waals surface area contributed by atoms with Crippen molar-refractivity contribution in [2.75, 3.05) is 5.73 Å². The number of anilines is 1. The predicted octanol–water partition coefficient (Wildman–Crippen LogP) is 3.45. The zero-order chi connectivity index (χ0) is 12.3. The van der Waals surface area contributed by atoms with Gasteiger partial charge in [-0.25, -0.2) is 0 Å². The molecule has 0 amide bonds. The molecule has 1 unspecified atom stereocenters. The van der Waals surface area contributed by atoms with E-state index in [1.165, 1.54) is 11.1 Å². The molecule has 0 aliphatic rings. The van der Waals surface area contributed by atoms with Crippen molar-refractivity contribution < 1.29 is 0 Å². The fourth-order valence-corrected chi connectivity index (χ4v) is 2.23. The van der Waals surface area contributed by atoms with E-state index in [1.54, 1.807) is 0 Å². The summed E-state index contributed by atoms with van der Waals surface area (Å²) < 4.78 is 0. The van der Waals surface area contributed by atoms with Gasteiger partial charge in [-0.1, -0.05) is 32.0 Å². The first-order valence-electron chi connectivity index (χ1n) is 5.94. The molecule has 17 heavy (non-hydrogen) atoms. The van der Waals surface area contributed by atoms with Crippen molar-refractivity contribution in [3.05, 3.63) is 59.9 Å². The van der Waals surface area contributed by atoms with Crippen LogP contribution < -0.4 is 5.73 Å². The van der Waals surface area contributed by atoms with Crippen molar-refractivity contribution in [3.63, 3.8) is 0 Å². The molecule has 0 aliphatic carbocycles. The third kappa shape index (κ3) is 2.64. The highest BCUT2D eigenvalue weighted by Crippen LogP contribution is 2.31. The van der Waals surface area contributed by atoms with E-state index in [1.807, 2.05) is 30.6 Å². The van der Waals surface area contributed by atoms with E-state index in [9.17, 15) is 0 Å². The van der Waals surface area contributed by atoms with Crippen LogP contribution in [0.5, 0.6) is 0 Å². The number of aromatic nitrogens is 1. The van der Waals surface area contributed by atoms with E-state index in [2.05, 4.69) is 37.0 Å². The third-order valence-electron chi connectivity index (χ3n) is 3.01. The molecule has 1 heterocycles. The molecule has 1 atom stereocenters. The minimum absolute atomic E-state index is 0.379. The number of rotatable bonds is 3. The Bertz CT molecular complexity index is 460. The normalized spacial score (nSPS) is 12.6. The largest absolute Gasteiger partial charge is 0.399 e. The minimum atomic E-state index is 0.379. The average Bonchev–Trinajstić information content (AvgIpc) is 2.33. The average molecular weight is 226 g/mol. The summed E-state index contributed by atoms with van der Waals surface area (Å²) in [7, 11) is 0. The molecule has 0 spiro atoms. The van der Waals surface area contributed by atoms with Gasteiger partial charge < -0.3 is 5.73 Å². The molecule has 0 saturated heterocycles. The number of nitrogen functional groups attached to an aromatic ring is 1. The zero-order valence-corrected chi connectivity index (χ0v) is 10.3. The molecule has 1 aromatic heterocycles. The lowest BCUT2D eigenvalue weighted by Gasteiger charge is -2.21. The summed E-state index contributed by atoms with van der Waals surface area (Å²) in [6, 6.07) is 12.2. The van der Waals surface area contributed by atoms with Gasteiger partial charge in [-0.05, 0) is 35.2 Å². The van der Waals surface area contributed by atoms with Crippen molar-refractivity contribution in [2.24, 2.45) is 5.92 Å². The highest BCUT2D eigenvalue weighted by atomic mass is 14.6. The van der Waals surface area contributed by atoms with Gasteiger partial charge in [-0.2, -0.15) is 0 Å². The number of hydrogen-bond donors (Lipinski definition) is 1. The number of hydrogen-bond acceptors (Lipinski definition) is 2. The Morgan fingerprint density at radius 3 is 2.24 bits per heavy atom. The van der Waals surface area contributed by atoms with E-state index in [0.717, 1.165) is 5.69 Å². The van der Waals surface area contributed by atoms with Crippen LogP contribution in [-0.4, -0.2) is 4.98 Å². The second-order valence-electron chi connectivity index (χ2n) is 4.67. The van der Waals surface area contributed by atoms with Gasteiger partial charge in [0.25, 0.3) is 0 Å². The molecule has 2 nitrogen and oxygen atoms in total. The molecule has 1 aromatic carbocycles. The van der Waals surface area contributed by atoms with Crippen LogP contribution in [0.2, 0.25) is 0 Å². The van der Waals surface area contributed by atoms with Crippen molar-refractivity contribution in [1.29, 1.82) is 0 Å². The highest BCUT2D eigenvalue weighted by molar-refractivity contribution is 5.42. The molecule has 0 bridgehead atoms. The van der Waals surface area contributed by atoms with Gasteiger partial charge in [0.1, 0.15) is 0 Å². The van der Waals surface area contributed by atoms with Crippen LogP contribution in [0.1, 0.15) is 30.9 Å². The van der Waals surface area contributed by atoms with Crippen LogP contribution in [0, 0.1) is 5.92 Å². The Morgan fingerprint density at radius 2 is 1.71 bits per heavy atom. The van der Waals surface area contributed by atoms with Crippen molar-refractivity contribution in [3.8, 4) is 0 Å². The maximum atomic E-state index is 5.73. The zero-order valence-electron chi connectivity index (χ0n) is 10.3. The van der Waals surface area contributed by atoms with Gasteiger partial charge in [-0.15, -0.1) is 0 Å². The molecule has 2 heteroatoms. The summed E-state index contributed by atoms with van der Waals surface area (Å²) in [6.45, 7) is 4.46. The van der Waals surface area contributed by atoms with Crippen LogP contribution >= 0.6 is 0 Å². The Kier molecular flexibility index (Phi) is 3.43. The summed E-state index contributed by atoms with van der Waals surface area (Å²) >= 11 is 0. The van der Waals surface area contributed by atoms with Crippen LogP contribution in [0.3, 0.4) is 0 Å². The number of pyridine rings is 1. The maximum absolute atomic E-state index is 5.73. The first-order valence-corrected chi connectivity index (χ1v) is 5.94. The number of nitrogens with zero attached hydrogens (tertiary/aromatic N) is 1. The molecule has 2 aromatic rings. The molecule has 2 rings (SSSR count). The van der Waals surface area contributed by atoms with Crippen LogP contribution in [0.15, 0.2) is 48.8 Å². The summed E-state index contributed by atoms with van der Waals surface area (Å²) in [4.78, 5) is 4.21. The highest BCUT2D eigenvalue weighted by Gasteiger charge is 2.17. The van der Waals surface area contributed by atoms with Gasteiger partial charge in [0.05, 0.1) is 0 Å². The second kappa shape index (κ2) is 5.00. The summed E-state index contributed by atoms with van der Waals surface area (Å²) in [5.74, 6) is 0.909. The van der Waals surface area contributed by atoms with E-state index in [0.29, 0.717) is 11.8 Å². The molecule has 88 valence electrons. The monoisotopic (exact) mass is 226 g/mol. The molecular weight excluding hydrogens is 208 g/mol. The van der Waals surface area contributed by atoms with E-state index in [-0.39, 0.29) is 0 Å². The van der Waals surface area contributed by atoms with Gasteiger partial charge in [-0.3, -0.25) is 4.98 Å². The lowest BCUT2D eigenvalue weighted by molar-refractivity contribution is 0.562. The van der Waals surface area contributed by atoms with Crippen LogP contribution in [0.25, 0.3) is 0 Å². The first-order chi connectivity index (χ1) is 8.18. The molecule has 0 radical (unpaired) electrons. The van der Waals surface area contributed by atoms with Crippen LogP contribution in [0.4, 0.5) is 5.69 Å². The quantitative estimate of drug-likeness (QED) is 0.814. The molecule has 0 saturated carbocycles. The molecular formula is C15H18N2. The Balaban J connectivity index is 2.39. The van der Waals surface area contributed by atoms with Crippen LogP contribution in [-0.2, 0) is 0 Å². The van der Waals surface area contributed by atoms with Crippen molar-refractivity contribution in [1.82, 2.24) is 4.98 Å². The number of benzene rings is 1. The van der Waals surface area contributed by atoms with Crippen molar-refractivity contribution in [2.45, 2.75) is 19.8 Å². The van der Waals surface area contributed by atoms with E-state index < -0.39 is 0 Å². The summed E-state index contributed by atoms with van der Waals surface area (Å²) in [5.41, 5.74) is 9.09. The smallest absolute Gasteiger partial charge is 0.0314 e. The van der Waals surface area contributed by atoms with Gasteiger partial charge >= 0.3 is 0 Å². The summed E-state index contributed by atoms with van der Waals surface area (Å²) in [6.07, 6.45) is 3.75. The molecule has 0 fully saturated rings. The second-order valence-corrected chi connectivity index (χ2v) is 4.67. The Labute approximate surface area is 103 Å². The third-order valence-corrected chi connectivity index (χ3v) is 3.01. The standard InChI is InChI=1S/C15H18N2/c1-11(2)15(13-4-3-9-17-10-13)12-5-7-14(16)8-6-12/h3-11,15H,16H2,1-2H3. The van der Waals surface area contributed by atoms with E-state index in [4.69, 9.17) is 5.73 Å². The Hall–Kier alpha value is -1.83. The van der Waals surface area contributed by atoms with E-state index >= 15 is 0 Å². The topological polar surface area (TPSA) is 38.9 Å². The predicted molar refractivity (Wildman–Crippen MR) is 71.8 cm³/mol. The van der Waals surface area contributed by atoms with Gasteiger partial charge in [0.2, 0.25) is 0 Å².